The SMILES string of the molecule is COc1cccc(Nc2ccc(S(=O)(=O)N3CCCCC3)cn2)c1. The van der Waals surface area contributed by atoms with Crippen molar-refractivity contribution in [3.63, 3.8) is 0 Å². The van der Waals surface area contributed by atoms with Gasteiger partial charge in [0.2, 0.25) is 10.0 Å². The molecule has 0 aliphatic carbocycles. The molecule has 1 aromatic carbocycles. The zero-order chi connectivity index (χ0) is 17.0. The normalized spacial score (nSPS) is 15.9. The molecule has 1 saturated heterocycles. The number of rotatable bonds is 5. The number of sulfonamides is 1. The van der Waals surface area contributed by atoms with Crippen LogP contribution >= 0.6 is 0 Å². The monoisotopic (exact) mass is 347 g/mol. The highest BCUT2D eigenvalue weighted by Gasteiger charge is 2.26. The van der Waals surface area contributed by atoms with Crippen molar-refractivity contribution < 1.29 is 13.2 Å². The van der Waals surface area contributed by atoms with Gasteiger partial charge in [0.15, 0.2) is 0 Å². The van der Waals surface area contributed by atoms with Gasteiger partial charge in [-0.1, -0.05) is 12.5 Å². The fraction of sp³-hybridized carbons (Fsp3) is 0.353. The minimum atomic E-state index is -3.44. The number of aromatic nitrogens is 1. The summed E-state index contributed by atoms with van der Waals surface area (Å²) >= 11 is 0. The predicted octanol–water partition coefficient (Wildman–Crippen LogP) is 3.01. The Labute approximate surface area is 142 Å². The van der Waals surface area contributed by atoms with Crippen molar-refractivity contribution in [2.24, 2.45) is 0 Å². The quantitative estimate of drug-likeness (QED) is 0.900. The average molecular weight is 347 g/mol. The van der Waals surface area contributed by atoms with E-state index in [9.17, 15) is 8.42 Å². The lowest BCUT2D eigenvalue weighted by molar-refractivity contribution is 0.346. The van der Waals surface area contributed by atoms with Gasteiger partial charge in [-0.15, -0.1) is 0 Å². The molecule has 0 unspecified atom stereocenters. The van der Waals surface area contributed by atoms with E-state index in [0.717, 1.165) is 30.7 Å². The Bertz CT molecular complexity index is 785. The van der Waals surface area contributed by atoms with Crippen LogP contribution in [0.5, 0.6) is 5.75 Å². The highest BCUT2D eigenvalue weighted by molar-refractivity contribution is 7.89. The van der Waals surface area contributed by atoms with E-state index in [1.54, 1.807) is 23.5 Å². The molecule has 0 amide bonds. The van der Waals surface area contributed by atoms with Crippen LogP contribution in [-0.2, 0) is 10.0 Å². The number of piperidine rings is 1. The summed E-state index contributed by atoms with van der Waals surface area (Å²) in [5.41, 5.74) is 0.827. The maximum Gasteiger partial charge on any atom is 0.244 e. The number of benzene rings is 1. The second-order valence-corrected chi connectivity index (χ2v) is 7.64. The molecule has 0 saturated carbocycles. The van der Waals surface area contributed by atoms with Gasteiger partial charge in [0.25, 0.3) is 0 Å². The number of hydrogen-bond acceptors (Lipinski definition) is 5. The first-order chi connectivity index (χ1) is 11.6. The summed E-state index contributed by atoms with van der Waals surface area (Å²) in [6.07, 6.45) is 4.34. The van der Waals surface area contributed by atoms with Crippen LogP contribution in [0.4, 0.5) is 11.5 Å². The van der Waals surface area contributed by atoms with Gasteiger partial charge in [0.05, 0.1) is 7.11 Å². The molecule has 24 heavy (non-hydrogen) atoms. The second kappa shape index (κ2) is 7.19. The third kappa shape index (κ3) is 3.68. The van der Waals surface area contributed by atoms with Crippen molar-refractivity contribution in [3.05, 3.63) is 42.6 Å². The molecule has 3 rings (SSSR count). The zero-order valence-corrected chi connectivity index (χ0v) is 14.4. The highest BCUT2D eigenvalue weighted by Crippen LogP contribution is 2.23. The molecule has 1 aliphatic rings. The van der Waals surface area contributed by atoms with E-state index in [-0.39, 0.29) is 4.90 Å². The number of nitrogens with one attached hydrogen (secondary N) is 1. The third-order valence-electron chi connectivity index (χ3n) is 4.03. The average Bonchev–Trinajstić information content (AvgIpc) is 2.63. The smallest absolute Gasteiger partial charge is 0.244 e. The number of methoxy groups -OCH3 is 1. The summed E-state index contributed by atoms with van der Waals surface area (Å²) < 4.78 is 31.9. The molecule has 1 aliphatic heterocycles. The van der Waals surface area contributed by atoms with Crippen LogP contribution in [0.15, 0.2) is 47.5 Å². The van der Waals surface area contributed by atoms with Crippen LogP contribution in [0.3, 0.4) is 0 Å². The maximum absolute atomic E-state index is 12.6. The fourth-order valence-electron chi connectivity index (χ4n) is 2.71. The van der Waals surface area contributed by atoms with Crippen LogP contribution in [-0.4, -0.2) is 37.9 Å². The summed E-state index contributed by atoms with van der Waals surface area (Å²) in [6, 6.07) is 10.7. The van der Waals surface area contributed by atoms with E-state index in [0.29, 0.717) is 18.9 Å². The van der Waals surface area contributed by atoms with E-state index in [2.05, 4.69) is 10.3 Å². The van der Waals surface area contributed by atoms with Gasteiger partial charge in [-0.25, -0.2) is 13.4 Å². The van der Waals surface area contributed by atoms with Crippen molar-refractivity contribution in [2.75, 3.05) is 25.5 Å². The van der Waals surface area contributed by atoms with Crippen molar-refractivity contribution in [2.45, 2.75) is 24.2 Å². The minimum absolute atomic E-state index is 0.237. The van der Waals surface area contributed by atoms with Crippen molar-refractivity contribution in [1.29, 1.82) is 0 Å². The predicted molar refractivity (Wildman–Crippen MR) is 93.1 cm³/mol. The molecule has 2 heterocycles. The number of pyridine rings is 1. The Morgan fingerprint density at radius 1 is 1.12 bits per heavy atom. The van der Waals surface area contributed by atoms with Gasteiger partial charge in [-0.05, 0) is 37.1 Å². The number of hydrogen-bond donors (Lipinski definition) is 1. The fourth-order valence-corrected chi connectivity index (χ4v) is 4.17. The number of anilines is 2. The number of nitrogens with zero attached hydrogens (tertiary/aromatic N) is 2. The molecule has 6 nitrogen and oxygen atoms in total. The molecule has 7 heteroatoms. The summed E-state index contributed by atoms with van der Waals surface area (Å²) in [4.78, 5) is 4.47. The van der Waals surface area contributed by atoms with Crippen molar-refractivity contribution >= 4 is 21.5 Å². The Balaban J connectivity index is 1.75. The van der Waals surface area contributed by atoms with Crippen LogP contribution in [0.1, 0.15) is 19.3 Å². The Hall–Kier alpha value is -2.12. The summed E-state index contributed by atoms with van der Waals surface area (Å²) in [7, 11) is -1.83. The van der Waals surface area contributed by atoms with Gasteiger partial charge in [0.1, 0.15) is 16.5 Å². The van der Waals surface area contributed by atoms with Gasteiger partial charge in [0, 0.05) is 31.0 Å². The summed E-state index contributed by atoms with van der Waals surface area (Å²) in [6.45, 7) is 1.18. The van der Waals surface area contributed by atoms with Crippen LogP contribution in [0.25, 0.3) is 0 Å². The minimum Gasteiger partial charge on any atom is -0.497 e. The molecule has 0 radical (unpaired) electrons. The van der Waals surface area contributed by atoms with Gasteiger partial charge in [-0.3, -0.25) is 0 Å². The van der Waals surface area contributed by atoms with E-state index >= 15 is 0 Å². The summed E-state index contributed by atoms with van der Waals surface area (Å²) in [5.74, 6) is 1.32. The zero-order valence-electron chi connectivity index (χ0n) is 13.6. The lowest BCUT2D eigenvalue weighted by Gasteiger charge is -2.25. The van der Waals surface area contributed by atoms with E-state index in [4.69, 9.17) is 4.74 Å². The van der Waals surface area contributed by atoms with E-state index < -0.39 is 10.0 Å². The molecule has 0 bridgehead atoms. The molecule has 0 atom stereocenters. The lowest BCUT2D eigenvalue weighted by Crippen LogP contribution is -2.35. The van der Waals surface area contributed by atoms with Gasteiger partial charge < -0.3 is 10.1 Å². The first kappa shape index (κ1) is 16.7. The first-order valence-corrected chi connectivity index (χ1v) is 9.41. The van der Waals surface area contributed by atoms with Crippen molar-refractivity contribution in [1.82, 2.24) is 9.29 Å². The van der Waals surface area contributed by atoms with Crippen LogP contribution in [0, 0.1) is 0 Å². The topological polar surface area (TPSA) is 71.5 Å². The Morgan fingerprint density at radius 3 is 2.58 bits per heavy atom. The molecule has 2 aromatic rings. The maximum atomic E-state index is 12.6. The van der Waals surface area contributed by atoms with Gasteiger partial charge in [-0.2, -0.15) is 4.31 Å². The Kier molecular flexibility index (Phi) is 5.01. The van der Waals surface area contributed by atoms with Crippen molar-refractivity contribution in [3.8, 4) is 5.75 Å². The van der Waals surface area contributed by atoms with Crippen LogP contribution < -0.4 is 10.1 Å². The van der Waals surface area contributed by atoms with E-state index in [1.807, 2.05) is 24.3 Å². The molecule has 1 fully saturated rings. The van der Waals surface area contributed by atoms with Crippen LogP contribution in [0.2, 0.25) is 0 Å². The first-order valence-electron chi connectivity index (χ1n) is 7.97. The summed E-state index contributed by atoms with van der Waals surface area (Å²) in [5, 5.41) is 3.14. The molecule has 128 valence electrons. The molecular formula is C17H21N3O3S. The third-order valence-corrected chi connectivity index (χ3v) is 5.91. The lowest BCUT2D eigenvalue weighted by atomic mass is 10.2. The molecule has 1 aromatic heterocycles. The molecule has 1 N–H and O–H groups in total. The number of ether oxygens (including phenoxy) is 1. The standard InChI is InChI=1S/C17H21N3O3S/c1-23-15-7-5-6-14(12-15)19-17-9-8-16(13-18-17)24(21,22)20-10-3-2-4-11-20/h5-9,12-13H,2-4,10-11H2,1H3,(H,18,19). The molecule has 0 spiro atoms. The van der Waals surface area contributed by atoms with E-state index in [1.165, 1.54) is 6.20 Å². The molecular weight excluding hydrogens is 326 g/mol. The van der Waals surface area contributed by atoms with Gasteiger partial charge >= 0.3 is 0 Å². The second-order valence-electron chi connectivity index (χ2n) is 5.70. The highest BCUT2D eigenvalue weighted by atomic mass is 32.2. The Morgan fingerprint density at radius 2 is 1.92 bits per heavy atom. The largest absolute Gasteiger partial charge is 0.497 e.